The van der Waals surface area contributed by atoms with Gasteiger partial charge in [0.1, 0.15) is 0 Å². The summed E-state index contributed by atoms with van der Waals surface area (Å²) in [6, 6.07) is 9.16. The summed E-state index contributed by atoms with van der Waals surface area (Å²) in [7, 11) is 0. The van der Waals surface area contributed by atoms with Gasteiger partial charge in [0.25, 0.3) is 0 Å². The maximum atomic E-state index is 12.4. The lowest BCUT2D eigenvalue weighted by molar-refractivity contribution is -0.136. The number of para-hydroxylation sites is 1. The summed E-state index contributed by atoms with van der Waals surface area (Å²) in [5.74, 6) is -1.12. The fourth-order valence-corrected chi connectivity index (χ4v) is 2.13. The molecule has 1 amide bonds. The molecule has 1 fully saturated rings. The highest BCUT2D eigenvalue weighted by Gasteiger charge is 2.28. The van der Waals surface area contributed by atoms with Gasteiger partial charge in [-0.3, -0.25) is 9.59 Å². The van der Waals surface area contributed by atoms with E-state index in [9.17, 15) is 9.59 Å². The van der Waals surface area contributed by atoms with Gasteiger partial charge in [0.05, 0.1) is 18.9 Å². The Labute approximate surface area is 111 Å². The van der Waals surface area contributed by atoms with Gasteiger partial charge in [-0.25, -0.2) is 0 Å². The first-order valence-electron chi connectivity index (χ1n) is 6.34. The predicted molar refractivity (Wildman–Crippen MR) is 70.0 cm³/mol. The van der Waals surface area contributed by atoms with Gasteiger partial charge in [0, 0.05) is 18.8 Å². The molecule has 1 aliphatic rings. The molecule has 0 aliphatic carbocycles. The van der Waals surface area contributed by atoms with Crippen molar-refractivity contribution in [2.75, 3.05) is 24.7 Å². The van der Waals surface area contributed by atoms with Crippen molar-refractivity contribution < 1.29 is 19.4 Å². The third-order valence-corrected chi connectivity index (χ3v) is 3.16. The Morgan fingerprint density at radius 1 is 1.32 bits per heavy atom. The average Bonchev–Trinajstić information content (AvgIpc) is 2.93. The van der Waals surface area contributed by atoms with Gasteiger partial charge >= 0.3 is 5.97 Å². The van der Waals surface area contributed by atoms with Gasteiger partial charge in [-0.2, -0.15) is 0 Å². The van der Waals surface area contributed by atoms with Crippen molar-refractivity contribution in [3.05, 3.63) is 30.3 Å². The van der Waals surface area contributed by atoms with Crippen LogP contribution in [0.15, 0.2) is 30.3 Å². The number of anilines is 1. The third-order valence-electron chi connectivity index (χ3n) is 3.16. The standard InChI is InChI=1S/C14H17NO4/c16-13(17)6-8-15(12-4-2-1-3-5-12)14(18)11-7-9-19-10-11/h1-5,11H,6-10H2,(H,16,17). The topological polar surface area (TPSA) is 66.8 Å². The summed E-state index contributed by atoms with van der Waals surface area (Å²) in [5.41, 5.74) is 0.737. The lowest BCUT2D eigenvalue weighted by Gasteiger charge is -2.24. The van der Waals surface area contributed by atoms with Crippen molar-refractivity contribution in [1.29, 1.82) is 0 Å². The summed E-state index contributed by atoms with van der Waals surface area (Å²) in [4.78, 5) is 24.7. The van der Waals surface area contributed by atoms with E-state index in [1.807, 2.05) is 30.3 Å². The van der Waals surface area contributed by atoms with Gasteiger partial charge in [-0.15, -0.1) is 0 Å². The van der Waals surface area contributed by atoms with Gasteiger partial charge < -0.3 is 14.7 Å². The number of benzene rings is 1. The molecule has 5 nitrogen and oxygen atoms in total. The number of carbonyl (C=O) groups is 2. The summed E-state index contributed by atoms with van der Waals surface area (Å²) >= 11 is 0. The molecule has 0 bridgehead atoms. The van der Waals surface area contributed by atoms with Crippen molar-refractivity contribution in [3.8, 4) is 0 Å². The highest BCUT2D eigenvalue weighted by Crippen LogP contribution is 2.21. The Hall–Kier alpha value is -1.88. The minimum absolute atomic E-state index is 0.0510. The number of carbonyl (C=O) groups excluding carboxylic acids is 1. The first-order chi connectivity index (χ1) is 9.18. The van der Waals surface area contributed by atoms with Crippen LogP contribution in [0.1, 0.15) is 12.8 Å². The SMILES string of the molecule is O=C(O)CCN(C(=O)C1CCOC1)c1ccccc1. The zero-order valence-electron chi connectivity index (χ0n) is 10.6. The van der Waals surface area contributed by atoms with E-state index in [4.69, 9.17) is 9.84 Å². The summed E-state index contributed by atoms with van der Waals surface area (Å²) in [6.45, 7) is 1.21. The number of hydrogen-bond donors (Lipinski definition) is 1. The number of ether oxygens (including phenoxy) is 1. The van der Waals surface area contributed by atoms with Crippen LogP contribution >= 0.6 is 0 Å². The number of amides is 1. The van der Waals surface area contributed by atoms with Crippen molar-refractivity contribution in [3.63, 3.8) is 0 Å². The third kappa shape index (κ3) is 3.54. The molecule has 0 radical (unpaired) electrons. The fraction of sp³-hybridized carbons (Fsp3) is 0.429. The van der Waals surface area contributed by atoms with Crippen LogP contribution in [0, 0.1) is 5.92 Å². The van der Waals surface area contributed by atoms with Crippen LogP contribution in [0.25, 0.3) is 0 Å². The molecule has 1 N–H and O–H groups in total. The number of carboxylic acid groups (broad SMARTS) is 1. The van der Waals surface area contributed by atoms with Crippen molar-refractivity contribution >= 4 is 17.6 Å². The predicted octanol–water partition coefficient (Wildman–Crippen LogP) is 1.53. The first-order valence-corrected chi connectivity index (χ1v) is 6.34. The molecule has 19 heavy (non-hydrogen) atoms. The Balaban J connectivity index is 2.13. The lowest BCUT2D eigenvalue weighted by atomic mass is 10.1. The molecule has 1 unspecified atom stereocenters. The Morgan fingerprint density at radius 2 is 2.05 bits per heavy atom. The molecule has 0 spiro atoms. The van der Waals surface area contributed by atoms with Crippen molar-refractivity contribution in [2.24, 2.45) is 5.92 Å². The highest BCUT2D eigenvalue weighted by atomic mass is 16.5. The van der Waals surface area contributed by atoms with E-state index in [0.29, 0.717) is 19.6 Å². The Kier molecular flexibility index (Phi) is 4.52. The molecule has 102 valence electrons. The van der Waals surface area contributed by atoms with Crippen molar-refractivity contribution in [1.82, 2.24) is 0 Å². The zero-order valence-corrected chi connectivity index (χ0v) is 10.6. The number of aliphatic carboxylic acids is 1. The Morgan fingerprint density at radius 3 is 2.63 bits per heavy atom. The van der Waals surface area contributed by atoms with E-state index in [0.717, 1.165) is 5.69 Å². The molecule has 1 heterocycles. The maximum absolute atomic E-state index is 12.4. The molecule has 0 aromatic heterocycles. The summed E-state index contributed by atoms with van der Waals surface area (Å²) in [5, 5.41) is 8.79. The molecule has 1 aromatic carbocycles. The van der Waals surface area contributed by atoms with E-state index in [1.165, 1.54) is 0 Å². The van der Waals surface area contributed by atoms with Gasteiger partial charge in [-0.1, -0.05) is 18.2 Å². The molecule has 1 atom stereocenters. The van der Waals surface area contributed by atoms with E-state index in [2.05, 4.69) is 0 Å². The van der Waals surface area contributed by atoms with Gasteiger partial charge in [0.2, 0.25) is 5.91 Å². The molecule has 1 aromatic rings. The lowest BCUT2D eigenvalue weighted by Crippen LogP contribution is -2.38. The smallest absolute Gasteiger partial charge is 0.305 e. The van der Waals surface area contributed by atoms with Gasteiger partial charge in [-0.05, 0) is 18.6 Å². The average molecular weight is 263 g/mol. The summed E-state index contributed by atoms with van der Waals surface area (Å²) < 4.78 is 5.23. The molecule has 1 aliphatic heterocycles. The monoisotopic (exact) mass is 263 g/mol. The van der Waals surface area contributed by atoms with E-state index < -0.39 is 5.97 Å². The van der Waals surface area contributed by atoms with Crippen LogP contribution in [0.2, 0.25) is 0 Å². The van der Waals surface area contributed by atoms with Gasteiger partial charge in [0.15, 0.2) is 0 Å². The van der Waals surface area contributed by atoms with E-state index in [1.54, 1.807) is 4.90 Å². The maximum Gasteiger partial charge on any atom is 0.305 e. The Bertz CT molecular complexity index is 440. The second-order valence-corrected chi connectivity index (χ2v) is 4.53. The molecular weight excluding hydrogens is 246 g/mol. The second-order valence-electron chi connectivity index (χ2n) is 4.53. The number of rotatable bonds is 5. The molecular formula is C14H17NO4. The minimum Gasteiger partial charge on any atom is -0.481 e. The fourth-order valence-electron chi connectivity index (χ4n) is 2.13. The molecule has 1 saturated heterocycles. The van der Waals surface area contributed by atoms with E-state index in [-0.39, 0.29) is 24.8 Å². The highest BCUT2D eigenvalue weighted by molar-refractivity contribution is 5.95. The van der Waals surface area contributed by atoms with Crippen LogP contribution in [-0.4, -0.2) is 36.7 Å². The van der Waals surface area contributed by atoms with E-state index >= 15 is 0 Å². The van der Waals surface area contributed by atoms with Crippen LogP contribution < -0.4 is 4.90 Å². The number of nitrogens with zero attached hydrogens (tertiary/aromatic N) is 1. The van der Waals surface area contributed by atoms with Crippen LogP contribution in [0.4, 0.5) is 5.69 Å². The summed E-state index contributed by atoms with van der Waals surface area (Å²) in [6.07, 6.45) is 0.642. The molecule has 2 rings (SSSR count). The second kappa shape index (κ2) is 6.33. The minimum atomic E-state index is -0.906. The number of carboxylic acids is 1. The van der Waals surface area contributed by atoms with Crippen LogP contribution in [0.5, 0.6) is 0 Å². The first kappa shape index (κ1) is 13.5. The number of hydrogen-bond acceptors (Lipinski definition) is 3. The van der Waals surface area contributed by atoms with Crippen LogP contribution in [-0.2, 0) is 14.3 Å². The molecule has 0 saturated carbocycles. The van der Waals surface area contributed by atoms with Crippen molar-refractivity contribution in [2.45, 2.75) is 12.8 Å². The largest absolute Gasteiger partial charge is 0.481 e. The normalized spacial score (nSPS) is 18.2. The quantitative estimate of drug-likeness (QED) is 0.874. The zero-order chi connectivity index (χ0) is 13.7. The van der Waals surface area contributed by atoms with Crippen LogP contribution in [0.3, 0.4) is 0 Å². The molecule has 5 heteroatoms.